The highest BCUT2D eigenvalue weighted by Gasteiger charge is 2.16. The monoisotopic (exact) mass is 341 g/mol. The third-order valence-electron chi connectivity index (χ3n) is 2.91. The van der Waals surface area contributed by atoms with Crippen molar-refractivity contribution in [2.24, 2.45) is 0 Å². The summed E-state index contributed by atoms with van der Waals surface area (Å²) in [5.41, 5.74) is 1.10. The Bertz CT molecular complexity index is 462. The highest BCUT2D eigenvalue weighted by molar-refractivity contribution is 9.10. The van der Waals surface area contributed by atoms with Gasteiger partial charge < -0.3 is 9.64 Å². The Kier molecular flexibility index (Phi) is 7.30. The number of rotatable bonds is 7. The van der Waals surface area contributed by atoms with E-state index in [9.17, 15) is 9.59 Å². The summed E-state index contributed by atoms with van der Waals surface area (Å²) in [6.45, 7) is 2.58. The minimum atomic E-state index is -0.380. The normalized spacial score (nSPS) is 10.2. The van der Waals surface area contributed by atoms with Gasteiger partial charge in [-0.15, -0.1) is 0 Å². The lowest BCUT2D eigenvalue weighted by atomic mass is 10.1. The first-order valence-corrected chi connectivity index (χ1v) is 7.45. The van der Waals surface area contributed by atoms with E-state index in [0.717, 1.165) is 16.5 Å². The first-order chi connectivity index (χ1) is 9.56. The summed E-state index contributed by atoms with van der Waals surface area (Å²) < 4.78 is 5.62. The maximum atomic E-state index is 12.1. The number of ether oxygens (including phenoxy) is 1. The Morgan fingerprint density at radius 2 is 2.10 bits per heavy atom. The number of esters is 1. The molecule has 0 radical (unpaired) electrons. The van der Waals surface area contributed by atoms with Gasteiger partial charge in [-0.3, -0.25) is 9.59 Å². The summed E-state index contributed by atoms with van der Waals surface area (Å²) in [5.74, 6) is -0.397. The van der Waals surface area contributed by atoms with Crippen molar-refractivity contribution in [2.45, 2.75) is 26.2 Å². The van der Waals surface area contributed by atoms with E-state index >= 15 is 0 Å². The van der Waals surface area contributed by atoms with Gasteiger partial charge in [0, 0.05) is 17.4 Å². The molecule has 0 saturated heterocycles. The van der Waals surface area contributed by atoms with Crippen molar-refractivity contribution < 1.29 is 14.3 Å². The summed E-state index contributed by atoms with van der Waals surface area (Å²) in [4.78, 5) is 25.0. The molecular formula is C15H20BrNO3. The van der Waals surface area contributed by atoms with Crippen LogP contribution in [0.4, 0.5) is 0 Å². The predicted molar refractivity (Wildman–Crippen MR) is 81.4 cm³/mol. The zero-order valence-electron chi connectivity index (χ0n) is 11.9. The van der Waals surface area contributed by atoms with Gasteiger partial charge in [-0.05, 0) is 30.5 Å². The summed E-state index contributed by atoms with van der Waals surface area (Å²) in [7, 11) is 1.33. The Morgan fingerprint density at radius 3 is 2.70 bits per heavy atom. The van der Waals surface area contributed by atoms with Gasteiger partial charge >= 0.3 is 5.97 Å². The van der Waals surface area contributed by atoms with Gasteiger partial charge in [-0.25, -0.2) is 0 Å². The number of benzene rings is 1. The molecule has 1 rings (SSSR count). The van der Waals surface area contributed by atoms with Gasteiger partial charge in [0.05, 0.1) is 7.11 Å². The number of methoxy groups -OCH3 is 1. The number of carbonyl (C=O) groups excluding carboxylic acids is 2. The molecular weight excluding hydrogens is 322 g/mol. The number of aryl methyl sites for hydroxylation is 1. The lowest BCUT2D eigenvalue weighted by Crippen LogP contribution is -2.36. The van der Waals surface area contributed by atoms with E-state index in [1.54, 1.807) is 4.90 Å². The molecule has 110 valence electrons. The van der Waals surface area contributed by atoms with Crippen LogP contribution < -0.4 is 0 Å². The van der Waals surface area contributed by atoms with Crippen molar-refractivity contribution in [2.75, 3.05) is 20.2 Å². The van der Waals surface area contributed by atoms with Crippen molar-refractivity contribution >= 4 is 27.8 Å². The van der Waals surface area contributed by atoms with Crippen LogP contribution in [0.2, 0.25) is 0 Å². The molecule has 4 nitrogen and oxygen atoms in total. The summed E-state index contributed by atoms with van der Waals surface area (Å²) in [6, 6.07) is 7.88. The van der Waals surface area contributed by atoms with Gasteiger partial charge in [0.2, 0.25) is 5.91 Å². The van der Waals surface area contributed by atoms with E-state index in [2.05, 4.69) is 20.7 Å². The second-order valence-corrected chi connectivity index (χ2v) is 5.44. The van der Waals surface area contributed by atoms with Crippen molar-refractivity contribution in [3.05, 3.63) is 34.3 Å². The molecule has 0 aliphatic rings. The zero-order valence-corrected chi connectivity index (χ0v) is 13.5. The maximum absolute atomic E-state index is 12.1. The number of halogens is 1. The van der Waals surface area contributed by atoms with Crippen LogP contribution in [-0.2, 0) is 20.7 Å². The van der Waals surface area contributed by atoms with E-state index in [-0.39, 0.29) is 18.4 Å². The second-order valence-electron chi connectivity index (χ2n) is 4.52. The highest BCUT2D eigenvalue weighted by Crippen LogP contribution is 2.13. The minimum Gasteiger partial charge on any atom is -0.468 e. The molecule has 0 aromatic heterocycles. The number of carbonyl (C=O) groups is 2. The molecule has 1 aromatic rings. The summed E-state index contributed by atoms with van der Waals surface area (Å²) >= 11 is 3.41. The summed E-state index contributed by atoms with van der Waals surface area (Å²) in [5, 5.41) is 0. The first-order valence-electron chi connectivity index (χ1n) is 6.65. The van der Waals surface area contributed by atoms with Crippen LogP contribution in [0.25, 0.3) is 0 Å². The van der Waals surface area contributed by atoms with Crippen molar-refractivity contribution in [3.63, 3.8) is 0 Å². The molecule has 5 heteroatoms. The van der Waals surface area contributed by atoms with Crippen LogP contribution in [0, 0.1) is 0 Å². The van der Waals surface area contributed by atoms with Crippen LogP contribution in [0.3, 0.4) is 0 Å². The lowest BCUT2D eigenvalue weighted by Gasteiger charge is -2.20. The zero-order chi connectivity index (χ0) is 15.0. The van der Waals surface area contributed by atoms with E-state index in [4.69, 9.17) is 0 Å². The molecule has 0 unspecified atom stereocenters. The van der Waals surface area contributed by atoms with Gasteiger partial charge in [-0.2, -0.15) is 0 Å². The van der Waals surface area contributed by atoms with Crippen molar-refractivity contribution in [1.82, 2.24) is 4.90 Å². The Morgan fingerprint density at radius 1 is 1.35 bits per heavy atom. The van der Waals surface area contributed by atoms with E-state index < -0.39 is 0 Å². The van der Waals surface area contributed by atoms with E-state index in [1.807, 2.05) is 31.2 Å². The van der Waals surface area contributed by atoms with Gasteiger partial charge in [-0.1, -0.05) is 35.0 Å². The molecule has 0 aliphatic heterocycles. The molecule has 0 N–H and O–H groups in total. The number of nitrogens with zero attached hydrogens (tertiary/aromatic N) is 1. The quantitative estimate of drug-likeness (QED) is 0.716. The average molecular weight is 342 g/mol. The van der Waals surface area contributed by atoms with Crippen LogP contribution in [0.1, 0.15) is 25.3 Å². The number of hydrogen-bond acceptors (Lipinski definition) is 3. The Hall–Kier alpha value is -1.36. The average Bonchev–Trinajstić information content (AvgIpc) is 2.44. The largest absolute Gasteiger partial charge is 0.468 e. The third-order valence-corrected chi connectivity index (χ3v) is 3.40. The molecule has 1 amide bonds. The molecule has 0 bridgehead atoms. The molecule has 20 heavy (non-hydrogen) atoms. The standard InChI is InChI=1S/C15H20BrNO3/c1-3-9-17(11-15(19)20-2)14(18)8-7-12-5-4-6-13(16)10-12/h4-6,10H,3,7-9,11H2,1-2H3. The molecule has 1 aromatic carbocycles. The Balaban J connectivity index is 2.55. The second kappa shape index (κ2) is 8.74. The van der Waals surface area contributed by atoms with Crippen LogP contribution in [0.15, 0.2) is 28.7 Å². The number of hydrogen-bond donors (Lipinski definition) is 0. The Labute approximate surface area is 128 Å². The molecule has 0 heterocycles. The van der Waals surface area contributed by atoms with Crippen molar-refractivity contribution in [3.8, 4) is 0 Å². The third kappa shape index (κ3) is 5.74. The van der Waals surface area contributed by atoms with Gasteiger partial charge in [0.15, 0.2) is 0 Å². The van der Waals surface area contributed by atoms with E-state index in [0.29, 0.717) is 19.4 Å². The fourth-order valence-electron chi connectivity index (χ4n) is 1.88. The van der Waals surface area contributed by atoms with Crippen LogP contribution >= 0.6 is 15.9 Å². The minimum absolute atomic E-state index is 0.0165. The molecule has 0 spiro atoms. The van der Waals surface area contributed by atoms with Gasteiger partial charge in [0.25, 0.3) is 0 Å². The molecule has 0 saturated carbocycles. The molecule has 0 atom stereocenters. The van der Waals surface area contributed by atoms with Crippen molar-refractivity contribution in [1.29, 1.82) is 0 Å². The highest BCUT2D eigenvalue weighted by atomic mass is 79.9. The lowest BCUT2D eigenvalue weighted by molar-refractivity contribution is -0.147. The van der Waals surface area contributed by atoms with Gasteiger partial charge in [0.1, 0.15) is 6.54 Å². The van der Waals surface area contributed by atoms with E-state index in [1.165, 1.54) is 7.11 Å². The SMILES string of the molecule is CCCN(CC(=O)OC)C(=O)CCc1cccc(Br)c1. The smallest absolute Gasteiger partial charge is 0.325 e. The first kappa shape index (κ1) is 16.7. The summed E-state index contributed by atoms with van der Waals surface area (Å²) in [6.07, 6.45) is 1.88. The maximum Gasteiger partial charge on any atom is 0.325 e. The molecule has 0 fully saturated rings. The molecule has 0 aliphatic carbocycles. The predicted octanol–water partition coefficient (Wildman–Crippen LogP) is 2.79. The van der Waals surface area contributed by atoms with Crippen LogP contribution in [0.5, 0.6) is 0 Å². The topological polar surface area (TPSA) is 46.6 Å². The fourth-order valence-corrected chi connectivity index (χ4v) is 2.33. The van der Waals surface area contributed by atoms with Crippen LogP contribution in [-0.4, -0.2) is 37.0 Å². The fraction of sp³-hybridized carbons (Fsp3) is 0.467. The number of amides is 1.